The average molecular weight is 178 g/mol. The summed E-state index contributed by atoms with van der Waals surface area (Å²) in [6.45, 7) is 0. The molecule has 2 rings (SSSR count). The van der Waals surface area contributed by atoms with Crippen molar-refractivity contribution in [3.63, 3.8) is 0 Å². The fraction of sp³-hybridized carbons (Fsp3) is 0. The summed E-state index contributed by atoms with van der Waals surface area (Å²) in [5, 5.41) is 24.5. The Morgan fingerprint density at radius 3 is 3.08 bits per heavy atom. The van der Waals surface area contributed by atoms with Gasteiger partial charge in [-0.2, -0.15) is 0 Å². The Labute approximate surface area is 72.4 Å². The van der Waals surface area contributed by atoms with Gasteiger partial charge in [0.2, 0.25) is 5.69 Å². The number of rotatable bonds is 1. The molecule has 64 valence electrons. The van der Waals surface area contributed by atoms with E-state index in [4.69, 9.17) is 10.3 Å². The highest BCUT2D eigenvalue weighted by molar-refractivity contribution is 5.96. The van der Waals surface area contributed by atoms with Gasteiger partial charge in [0, 0.05) is 0 Å². The number of aliphatic carboxylic acids is 1. The van der Waals surface area contributed by atoms with Gasteiger partial charge in [-0.05, 0) is 10.1 Å². The van der Waals surface area contributed by atoms with Gasteiger partial charge in [-0.15, -0.1) is 0 Å². The minimum absolute atomic E-state index is 0.0325. The maximum Gasteiger partial charge on any atom is 0.394 e. The summed E-state index contributed by atoms with van der Waals surface area (Å²) < 4.78 is 0. The van der Waals surface area contributed by atoms with Crippen LogP contribution in [-0.2, 0) is 4.79 Å². The van der Waals surface area contributed by atoms with Crippen molar-refractivity contribution in [3.05, 3.63) is 29.1 Å². The third-order valence-electron chi connectivity index (χ3n) is 1.59. The van der Waals surface area contributed by atoms with E-state index in [-0.39, 0.29) is 11.3 Å². The van der Waals surface area contributed by atoms with Gasteiger partial charge < -0.3 is 10.3 Å². The third kappa shape index (κ3) is 1.05. The molecule has 0 saturated heterocycles. The number of carboxylic acid groups (broad SMARTS) is 1. The zero-order valence-corrected chi connectivity index (χ0v) is 6.30. The lowest BCUT2D eigenvalue weighted by Crippen LogP contribution is -2.03. The predicted molar refractivity (Wildman–Crippen MR) is 39.7 cm³/mol. The number of carboxylic acids is 1. The van der Waals surface area contributed by atoms with E-state index < -0.39 is 5.97 Å². The van der Waals surface area contributed by atoms with Crippen LogP contribution >= 0.6 is 0 Å². The monoisotopic (exact) mass is 178 g/mol. The Bertz CT molecular complexity index is 430. The van der Waals surface area contributed by atoms with E-state index >= 15 is 0 Å². The first-order chi connectivity index (χ1) is 6.18. The highest BCUT2D eigenvalue weighted by Gasteiger charge is 2.26. The van der Waals surface area contributed by atoms with E-state index in [2.05, 4.69) is 16.4 Å². The van der Waals surface area contributed by atoms with Gasteiger partial charge in [-0.3, -0.25) is 0 Å². The van der Waals surface area contributed by atoms with Gasteiger partial charge in [0.1, 0.15) is 6.08 Å². The Morgan fingerprint density at radius 2 is 2.38 bits per heavy atom. The van der Waals surface area contributed by atoms with Crippen molar-refractivity contribution in [1.82, 2.24) is 15.2 Å². The molecule has 6 nitrogen and oxygen atoms in total. The predicted octanol–water partition coefficient (Wildman–Crippen LogP) is -0.296. The zero-order valence-electron chi connectivity index (χ0n) is 6.30. The first kappa shape index (κ1) is 7.45. The van der Waals surface area contributed by atoms with Crippen LogP contribution in [0.25, 0.3) is 6.08 Å². The van der Waals surface area contributed by atoms with Crippen molar-refractivity contribution in [2.45, 2.75) is 0 Å². The summed E-state index contributed by atoms with van der Waals surface area (Å²) in [5.41, 5.74) is 0.581. The minimum atomic E-state index is -1.08. The van der Waals surface area contributed by atoms with Crippen LogP contribution in [0.1, 0.15) is 11.4 Å². The number of hydrogen-bond donors (Lipinski definition) is 2. The molecule has 0 spiro atoms. The Balaban J connectivity index is 2.55. The van der Waals surface area contributed by atoms with Gasteiger partial charge in [0.15, 0.2) is 5.57 Å². The van der Waals surface area contributed by atoms with Gasteiger partial charge in [0.05, 0.1) is 12.2 Å². The smallest absolute Gasteiger partial charge is 0.394 e. The molecule has 1 heterocycles. The van der Waals surface area contributed by atoms with Crippen LogP contribution in [0.4, 0.5) is 0 Å². The molecule has 2 N–H and O–H groups in total. The van der Waals surface area contributed by atoms with Gasteiger partial charge in [0.25, 0.3) is 5.69 Å². The summed E-state index contributed by atoms with van der Waals surface area (Å²) >= 11 is 0. The summed E-state index contributed by atoms with van der Waals surface area (Å²) in [7, 11) is 0. The second-order valence-corrected chi connectivity index (χ2v) is 2.41. The van der Waals surface area contributed by atoms with Crippen molar-refractivity contribution in [1.29, 1.82) is 0 Å². The van der Waals surface area contributed by atoms with Crippen LogP contribution in [0.5, 0.6) is 0 Å². The van der Waals surface area contributed by atoms with Crippen LogP contribution in [0.2, 0.25) is 0 Å². The summed E-state index contributed by atoms with van der Waals surface area (Å²) in [4.78, 5) is 11.0. The first-order valence-corrected chi connectivity index (χ1v) is 3.38. The molecular formula is C7H4N3O3+. The fourth-order valence-electron chi connectivity index (χ4n) is 0.969. The van der Waals surface area contributed by atoms with E-state index in [1.165, 1.54) is 12.2 Å². The van der Waals surface area contributed by atoms with E-state index in [1.54, 1.807) is 0 Å². The lowest BCUT2D eigenvalue weighted by molar-refractivity contribution is -0.132. The van der Waals surface area contributed by atoms with E-state index in [1.807, 2.05) is 0 Å². The fourth-order valence-corrected chi connectivity index (χ4v) is 0.969. The number of nitrogens with zero attached hydrogens (tertiary/aromatic N) is 3. The average Bonchev–Trinajstić information content (AvgIpc) is 2.47. The van der Waals surface area contributed by atoms with E-state index in [0.29, 0.717) is 10.5 Å². The molecule has 0 amide bonds. The first-order valence-electron chi connectivity index (χ1n) is 3.38. The normalized spacial score (nSPS) is 13.1. The minimum Gasteiger partial charge on any atom is -0.468 e. The highest BCUT2D eigenvalue weighted by atomic mass is 16.5. The molecule has 1 aromatic rings. The van der Waals surface area contributed by atoms with Crippen molar-refractivity contribution >= 4 is 12.0 Å². The summed E-state index contributed by atoms with van der Waals surface area (Å²) in [6, 6.07) is 0. The van der Waals surface area contributed by atoms with E-state index in [0.717, 1.165) is 0 Å². The van der Waals surface area contributed by atoms with Gasteiger partial charge in [-0.25, -0.2) is 4.79 Å². The lowest BCUT2D eigenvalue weighted by Gasteiger charge is -1.91. The molecule has 1 aliphatic rings. The van der Waals surface area contributed by atoms with Crippen LogP contribution in [0.15, 0.2) is 11.6 Å². The maximum absolute atomic E-state index is 10.5. The Morgan fingerprint density at radius 1 is 1.62 bits per heavy atom. The van der Waals surface area contributed by atoms with Crippen molar-refractivity contribution in [2.75, 3.05) is 0 Å². The zero-order chi connectivity index (χ0) is 9.42. The van der Waals surface area contributed by atoms with Crippen molar-refractivity contribution in [2.24, 2.45) is 0 Å². The molecule has 0 unspecified atom stereocenters. The Hall–Kier alpha value is -2.20. The number of aromatic nitrogens is 3. The van der Waals surface area contributed by atoms with Gasteiger partial charge >= 0.3 is 5.97 Å². The molecule has 1 aliphatic carbocycles. The maximum atomic E-state index is 10.5. The van der Waals surface area contributed by atoms with Crippen LogP contribution < -0.4 is 0 Å². The molecule has 1 aromatic heterocycles. The van der Waals surface area contributed by atoms with Crippen molar-refractivity contribution in [3.8, 4) is 0 Å². The molecule has 13 heavy (non-hydrogen) atoms. The molecule has 0 saturated carbocycles. The summed E-state index contributed by atoms with van der Waals surface area (Å²) in [6.07, 6.45) is 5.14. The molecule has 0 bridgehead atoms. The van der Waals surface area contributed by atoms with Crippen LogP contribution in [-0.4, -0.2) is 31.4 Å². The molecule has 6 heteroatoms. The molecule has 0 aromatic carbocycles. The third-order valence-corrected chi connectivity index (χ3v) is 1.59. The number of hydrogen-bond acceptors (Lipinski definition) is 4. The standard InChI is InChI=1S/C7H3N3O3/c11-7(12)4-1-2-5-6(3-4)10(13)9-8-5/h1,3,13H/p+1. The van der Waals surface area contributed by atoms with Crippen LogP contribution in [0.3, 0.4) is 0 Å². The van der Waals surface area contributed by atoms with Crippen LogP contribution in [0, 0.1) is 6.08 Å². The molecule has 0 radical (unpaired) electrons. The second kappa shape index (κ2) is 2.40. The molecular weight excluding hydrogens is 174 g/mol. The number of carbonyl (C=O) groups is 1. The summed E-state index contributed by atoms with van der Waals surface area (Å²) in [5.74, 6) is -1.08. The Kier molecular flexibility index (Phi) is 1.37. The second-order valence-electron chi connectivity index (χ2n) is 2.41. The highest BCUT2D eigenvalue weighted by Crippen LogP contribution is 2.16. The number of fused-ring (bicyclic) bond motifs is 1. The lowest BCUT2D eigenvalue weighted by atomic mass is 10.1. The molecule has 0 aliphatic heterocycles. The van der Waals surface area contributed by atoms with Gasteiger partial charge in [-0.1, -0.05) is 5.10 Å². The molecule has 0 fully saturated rings. The SMILES string of the molecule is O=C(O)C1=Cc2c(nnn2O)[C+]=C1. The van der Waals surface area contributed by atoms with Crippen molar-refractivity contribution < 1.29 is 15.1 Å². The molecule has 0 atom stereocenters. The quantitative estimate of drug-likeness (QED) is 0.455. The van der Waals surface area contributed by atoms with E-state index in [9.17, 15) is 4.79 Å². The topological polar surface area (TPSA) is 88.2 Å². The largest absolute Gasteiger partial charge is 0.468 e.